The number of benzene rings is 1. The second-order valence-electron chi connectivity index (χ2n) is 5.53. The number of halogens is 1. The molecule has 0 aliphatic rings. The fraction of sp³-hybridized carbons (Fsp3) is 0.438. The van der Waals surface area contributed by atoms with E-state index in [4.69, 9.17) is 20.9 Å². The third-order valence-electron chi connectivity index (χ3n) is 2.92. The average Bonchev–Trinajstić information content (AvgIpc) is 2.85. The van der Waals surface area contributed by atoms with Crippen molar-refractivity contribution in [2.24, 2.45) is 5.92 Å². The monoisotopic (exact) mass is 308 g/mol. The number of ether oxygens (including phenoxy) is 1. The van der Waals surface area contributed by atoms with Crippen molar-refractivity contribution >= 4 is 11.6 Å². The second-order valence-corrected chi connectivity index (χ2v) is 5.94. The molecule has 0 amide bonds. The molecule has 0 atom stereocenters. The lowest BCUT2D eigenvalue weighted by atomic mass is 10.2. The summed E-state index contributed by atoms with van der Waals surface area (Å²) >= 11 is 6.12. The maximum Gasteiger partial charge on any atom is 0.174 e. The molecule has 2 rings (SSSR count). The Kier molecular flexibility index (Phi) is 5.65. The van der Waals surface area contributed by atoms with Crippen molar-refractivity contribution in [1.82, 2.24) is 10.5 Å². The van der Waals surface area contributed by atoms with Gasteiger partial charge in [0.1, 0.15) is 12.4 Å². The Hall–Kier alpha value is -1.52. The first-order valence-corrected chi connectivity index (χ1v) is 7.46. The molecule has 0 spiro atoms. The summed E-state index contributed by atoms with van der Waals surface area (Å²) in [5.41, 5.74) is 1.98. The van der Waals surface area contributed by atoms with Crippen LogP contribution in [0.1, 0.15) is 30.9 Å². The largest absolute Gasteiger partial charge is 0.484 e. The van der Waals surface area contributed by atoms with Gasteiger partial charge in [0.25, 0.3) is 0 Å². The number of nitrogens with zero attached hydrogens (tertiary/aromatic N) is 1. The Labute approximate surface area is 130 Å². The standard InChI is InChI=1S/C16H21ClN2O2/c1-11(2)8-18-9-13-7-14(21-19-13)10-20-16-5-4-12(3)6-15(16)17/h4-7,11,18H,8-10H2,1-3H3. The fourth-order valence-corrected chi connectivity index (χ4v) is 2.16. The third-order valence-corrected chi connectivity index (χ3v) is 3.22. The molecule has 1 N–H and O–H groups in total. The molecule has 21 heavy (non-hydrogen) atoms. The maximum absolute atomic E-state index is 6.12. The fourth-order valence-electron chi connectivity index (χ4n) is 1.87. The molecule has 1 aromatic carbocycles. The van der Waals surface area contributed by atoms with E-state index in [1.807, 2.05) is 31.2 Å². The lowest BCUT2D eigenvalue weighted by molar-refractivity contribution is 0.248. The average molecular weight is 309 g/mol. The van der Waals surface area contributed by atoms with Crippen LogP contribution in [0, 0.1) is 12.8 Å². The molecule has 0 bridgehead atoms. The summed E-state index contributed by atoms with van der Waals surface area (Å²) in [6.07, 6.45) is 0. The lowest BCUT2D eigenvalue weighted by Crippen LogP contribution is -2.19. The molecule has 4 nitrogen and oxygen atoms in total. The number of aryl methyl sites for hydroxylation is 1. The van der Waals surface area contributed by atoms with Gasteiger partial charge in [-0.25, -0.2) is 0 Å². The number of hydrogen-bond donors (Lipinski definition) is 1. The van der Waals surface area contributed by atoms with Crippen molar-refractivity contribution < 1.29 is 9.26 Å². The Balaban J connectivity index is 1.85. The summed E-state index contributed by atoms with van der Waals surface area (Å²) in [6, 6.07) is 7.59. The zero-order valence-corrected chi connectivity index (χ0v) is 13.4. The van der Waals surface area contributed by atoms with E-state index in [-0.39, 0.29) is 0 Å². The van der Waals surface area contributed by atoms with E-state index in [1.54, 1.807) is 0 Å². The van der Waals surface area contributed by atoms with Gasteiger partial charge < -0.3 is 14.6 Å². The van der Waals surface area contributed by atoms with Crippen LogP contribution in [-0.4, -0.2) is 11.7 Å². The maximum atomic E-state index is 6.12. The van der Waals surface area contributed by atoms with Crippen LogP contribution in [0.2, 0.25) is 5.02 Å². The van der Waals surface area contributed by atoms with E-state index >= 15 is 0 Å². The molecular weight excluding hydrogens is 288 g/mol. The summed E-state index contributed by atoms with van der Waals surface area (Å²) in [5, 5.41) is 7.94. The predicted octanol–water partition coefficient (Wildman–Crippen LogP) is 3.96. The second kappa shape index (κ2) is 7.48. The number of nitrogens with one attached hydrogen (secondary N) is 1. The van der Waals surface area contributed by atoms with E-state index in [1.165, 1.54) is 0 Å². The van der Waals surface area contributed by atoms with E-state index in [9.17, 15) is 0 Å². The predicted molar refractivity (Wildman–Crippen MR) is 83.6 cm³/mol. The number of rotatable bonds is 7. The quantitative estimate of drug-likeness (QED) is 0.841. The Bertz CT molecular complexity index is 581. The van der Waals surface area contributed by atoms with Gasteiger partial charge in [-0.15, -0.1) is 0 Å². The van der Waals surface area contributed by atoms with Gasteiger partial charge in [0.05, 0.1) is 10.7 Å². The van der Waals surface area contributed by atoms with Crippen LogP contribution in [0.15, 0.2) is 28.8 Å². The summed E-state index contributed by atoms with van der Waals surface area (Å²) < 4.78 is 10.9. The smallest absolute Gasteiger partial charge is 0.174 e. The van der Waals surface area contributed by atoms with Crippen LogP contribution < -0.4 is 10.1 Å². The normalized spacial score (nSPS) is 11.1. The van der Waals surface area contributed by atoms with Crippen molar-refractivity contribution in [2.75, 3.05) is 6.54 Å². The Morgan fingerprint density at radius 3 is 2.86 bits per heavy atom. The molecule has 0 aliphatic heterocycles. The molecule has 0 saturated carbocycles. The van der Waals surface area contributed by atoms with Gasteiger partial charge in [-0.05, 0) is 37.1 Å². The van der Waals surface area contributed by atoms with Gasteiger partial charge in [-0.1, -0.05) is 36.7 Å². The van der Waals surface area contributed by atoms with Gasteiger partial charge in [-0.3, -0.25) is 0 Å². The minimum absolute atomic E-state index is 0.319. The van der Waals surface area contributed by atoms with Crippen LogP contribution in [0.3, 0.4) is 0 Å². The van der Waals surface area contributed by atoms with Gasteiger partial charge in [0.15, 0.2) is 5.76 Å². The molecule has 1 aromatic heterocycles. The summed E-state index contributed by atoms with van der Waals surface area (Å²) in [4.78, 5) is 0. The highest BCUT2D eigenvalue weighted by Gasteiger charge is 2.07. The Morgan fingerprint density at radius 1 is 1.33 bits per heavy atom. The van der Waals surface area contributed by atoms with Crippen LogP contribution >= 0.6 is 11.6 Å². The zero-order chi connectivity index (χ0) is 15.2. The van der Waals surface area contributed by atoms with Gasteiger partial charge >= 0.3 is 0 Å². The molecule has 2 aromatic rings. The minimum Gasteiger partial charge on any atom is -0.484 e. The molecule has 1 heterocycles. The van der Waals surface area contributed by atoms with Crippen molar-refractivity contribution in [3.8, 4) is 5.75 Å². The molecule has 0 aliphatic carbocycles. The van der Waals surface area contributed by atoms with Gasteiger partial charge in [0.2, 0.25) is 0 Å². The van der Waals surface area contributed by atoms with Gasteiger partial charge in [0, 0.05) is 12.6 Å². The molecule has 114 valence electrons. The highest BCUT2D eigenvalue weighted by molar-refractivity contribution is 6.32. The first kappa shape index (κ1) is 15.9. The molecular formula is C16H21ClN2O2. The summed E-state index contributed by atoms with van der Waals surface area (Å²) in [5.74, 6) is 1.95. The van der Waals surface area contributed by atoms with E-state index in [0.29, 0.717) is 35.6 Å². The molecule has 0 fully saturated rings. The highest BCUT2D eigenvalue weighted by atomic mass is 35.5. The van der Waals surface area contributed by atoms with Crippen LogP contribution in [0.25, 0.3) is 0 Å². The Morgan fingerprint density at radius 2 is 2.14 bits per heavy atom. The summed E-state index contributed by atoms with van der Waals surface area (Å²) in [7, 11) is 0. The van der Waals surface area contributed by atoms with Crippen molar-refractivity contribution in [1.29, 1.82) is 0 Å². The first-order chi connectivity index (χ1) is 10.0. The summed E-state index contributed by atoms with van der Waals surface area (Å²) in [6.45, 7) is 8.30. The van der Waals surface area contributed by atoms with E-state index in [0.717, 1.165) is 17.8 Å². The third kappa shape index (κ3) is 5.06. The first-order valence-electron chi connectivity index (χ1n) is 7.08. The molecule has 0 radical (unpaired) electrons. The number of aromatic nitrogens is 1. The van der Waals surface area contributed by atoms with Crippen LogP contribution in [0.4, 0.5) is 0 Å². The molecule has 5 heteroatoms. The van der Waals surface area contributed by atoms with Gasteiger partial charge in [-0.2, -0.15) is 0 Å². The topological polar surface area (TPSA) is 47.3 Å². The molecule has 0 unspecified atom stereocenters. The highest BCUT2D eigenvalue weighted by Crippen LogP contribution is 2.26. The lowest BCUT2D eigenvalue weighted by Gasteiger charge is -2.06. The van der Waals surface area contributed by atoms with Crippen molar-refractivity contribution in [2.45, 2.75) is 33.9 Å². The molecule has 0 saturated heterocycles. The minimum atomic E-state index is 0.319. The van der Waals surface area contributed by atoms with Crippen molar-refractivity contribution in [3.05, 3.63) is 46.3 Å². The van der Waals surface area contributed by atoms with Crippen LogP contribution in [0.5, 0.6) is 5.75 Å². The van der Waals surface area contributed by atoms with E-state index in [2.05, 4.69) is 24.3 Å². The van der Waals surface area contributed by atoms with Crippen molar-refractivity contribution in [3.63, 3.8) is 0 Å². The number of hydrogen-bond acceptors (Lipinski definition) is 4. The zero-order valence-electron chi connectivity index (χ0n) is 12.6. The SMILES string of the molecule is Cc1ccc(OCc2cc(CNCC(C)C)no2)c(Cl)c1. The van der Waals surface area contributed by atoms with Crippen LogP contribution in [-0.2, 0) is 13.2 Å². The van der Waals surface area contributed by atoms with E-state index < -0.39 is 0 Å².